The van der Waals surface area contributed by atoms with E-state index < -0.39 is 23.1 Å². The van der Waals surface area contributed by atoms with Gasteiger partial charge in [0.2, 0.25) is 5.43 Å². The molecule has 1 heterocycles. The summed E-state index contributed by atoms with van der Waals surface area (Å²) in [5, 5.41) is 3.55. The lowest BCUT2D eigenvalue weighted by atomic mass is 10.1. The Bertz CT molecular complexity index is 1080. The molecule has 2 N–H and O–H groups in total. The van der Waals surface area contributed by atoms with Gasteiger partial charge in [0.1, 0.15) is 5.56 Å². The first kappa shape index (κ1) is 18.4. The Hall–Kier alpha value is -3.42. The second-order valence-corrected chi connectivity index (χ2v) is 5.87. The van der Waals surface area contributed by atoms with E-state index >= 15 is 0 Å². The maximum atomic E-state index is 13.0. The van der Waals surface area contributed by atoms with Gasteiger partial charge in [-0.05, 0) is 24.6 Å². The molecule has 0 aliphatic carbocycles. The molecule has 3 rings (SSSR count). The van der Waals surface area contributed by atoms with Gasteiger partial charge in [-0.25, -0.2) is 5.43 Å². The van der Waals surface area contributed by atoms with E-state index in [-0.39, 0.29) is 16.5 Å². The second kappa shape index (κ2) is 7.06. The number of nitrogens with zero attached hydrogens (tertiary/aromatic N) is 1. The number of carbonyl (C=O) groups is 1. The van der Waals surface area contributed by atoms with Crippen LogP contribution in [0.3, 0.4) is 0 Å². The van der Waals surface area contributed by atoms with Crippen molar-refractivity contribution in [3.8, 4) is 0 Å². The highest BCUT2D eigenvalue weighted by atomic mass is 19.4. The fourth-order valence-electron chi connectivity index (χ4n) is 2.54. The van der Waals surface area contributed by atoms with E-state index in [0.717, 1.165) is 29.5 Å². The minimum atomic E-state index is -4.62. The van der Waals surface area contributed by atoms with E-state index in [0.29, 0.717) is 0 Å². The van der Waals surface area contributed by atoms with Crippen LogP contribution in [-0.4, -0.2) is 17.1 Å². The van der Waals surface area contributed by atoms with Crippen LogP contribution < -0.4 is 10.9 Å². The zero-order valence-electron chi connectivity index (χ0n) is 14.1. The van der Waals surface area contributed by atoms with Gasteiger partial charge in [0.15, 0.2) is 0 Å². The number of alkyl halides is 3. The number of nitrogens with one attached hydrogen (secondary N) is 2. The van der Waals surface area contributed by atoms with Crippen molar-refractivity contribution in [2.75, 3.05) is 0 Å². The molecule has 5 nitrogen and oxygen atoms in total. The van der Waals surface area contributed by atoms with Crippen LogP contribution in [0.2, 0.25) is 0 Å². The van der Waals surface area contributed by atoms with Crippen LogP contribution in [-0.2, 0) is 6.18 Å². The van der Waals surface area contributed by atoms with E-state index in [1.807, 2.05) is 19.1 Å². The number of benzene rings is 2. The lowest BCUT2D eigenvalue weighted by molar-refractivity contribution is -0.136. The van der Waals surface area contributed by atoms with Crippen LogP contribution in [0.1, 0.15) is 27.0 Å². The van der Waals surface area contributed by atoms with Gasteiger partial charge in [0, 0.05) is 11.6 Å². The third kappa shape index (κ3) is 3.89. The summed E-state index contributed by atoms with van der Waals surface area (Å²) in [7, 11) is 0. The Morgan fingerprint density at radius 2 is 1.85 bits per heavy atom. The molecule has 27 heavy (non-hydrogen) atoms. The molecule has 1 amide bonds. The Morgan fingerprint density at radius 1 is 1.15 bits per heavy atom. The van der Waals surface area contributed by atoms with Crippen molar-refractivity contribution >= 4 is 23.0 Å². The van der Waals surface area contributed by atoms with Crippen molar-refractivity contribution in [1.29, 1.82) is 0 Å². The first-order chi connectivity index (χ1) is 12.8. The summed E-state index contributed by atoms with van der Waals surface area (Å²) in [4.78, 5) is 27.0. The topological polar surface area (TPSA) is 74.3 Å². The average Bonchev–Trinajstić information content (AvgIpc) is 2.62. The molecule has 0 saturated heterocycles. The number of aromatic nitrogens is 1. The summed E-state index contributed by atoms with van der Waals surface area (Å²) in [5.41, 5.74) is 1.53. The number of hydrogen-bond donors (Lipinski definition) is 2. The number of hydrogen-bond acceptors (Lipinski definition) is 3. The van der Waals surface area contributed by atoms with Gasteiger partial charge in [-0.15, -0.1) is 0 Å². The van der Waals surface area contributed by atoms with Gasteiger partial charge in [-0.2, -0.15) is 18.3 Å². The molecule has 0 saturated carbocycles. The van der Waals surface area contributed by atoms with E-state index in [1.54, 1.807) is 12.1 Å². The molecule has 3 aromatic rings. The molecule has 1 aromatic heterocycles. The quantitative estimate of drug-likeness (QED) is 0.544. The van der Waals surface area contributed by atoms with Crippen molar-refractivity contribution < 1.29 is 18.0 Å². The second-order valence-electron chi connectivity index (χ2n) is 5.87. The van der Waals surface area contributed by atoms with Gasteiger partial charge >= 0.3 is 6.18 Å². The first-order valence-electron chi connectivity index (χ1n) is 7.89. The molecule has 0 atom stereocenters. The summed E-state index contributed by atoms with van der Waals surface area (Å²) >= 11 is 0. The maximum Gasteiger partial charge on any atom is 0.418 e. The number of rotatable bonds is 3. The highest BCUT2D eigenvalue weighted by Crippen LogP contribution is 2.32. The lowest BCUT2D eigenvalue weighted by Crippen LogP contribution is -2.25. The lowest BCUT2D eigenvalue weighted by Gasteiger charge is -2.10. The zero-order chi connectivity index (χ0) is 19.6. The minimum absolute atomic E-state index is 0.222. The summed E-state index contributed by atoms with van der Waals surface area (Å²) in [6.45, 7) is 1.93. The number of para-hydroxylation sites is 1. The number of fused-ring (bicyclic) bond motifs is 1. The van der Waals surface area contributed by atoms with Crippen molar-refractivity contribution in [2.45, 2.75) is 13.1 Å². The number of carbonyl (C=O) groups excluding carboxylic acids is 1. The Labute approximate surface area is 151 Å². The normalized spacial score (nSPS) is 11.9. The van der Waals surface area contributed by atoms with Crippen LogP contribution >= 0.6 is 0 Å². The summed E-state index contributed by atoms with van der Waals surface area (Å²) in [6.07, 6.45) is -2.27. The van der Waals surface area contributed by atoms with Crippen LogP contribution in [0.25, 0.3) is 10.9 Å². The fraction of sp³-hybridized carbons (Fsp3) is 0.105. The number of halogens is 3. The summed E-state index contributed by atoms with van der Waals surface area (Å²) < 4.78 is 39.1. The predicted octanol–water partition coefficient (Wildman–Crippen LogP) is 3.62. The van der Waals surface area contributed by atoms with Gasteiger partial charge in [-0.3, -0.25) is 9.59 Å². The minimum Gasteiger partial charge on any atom is -0.360 e. The molecular weight excluding hydrogens is 359 g/mol. The maximum absolute atomic E-state index is 13.0. The molecule has 0 radical (unpaired) electrons. The van der Waals surface area contributed by atoms with E-state index in [9.17, 15) is 22.8 Å². The van der Waals surface area contributed by atoms with Crippen LogP contribution in [0, 0.1) is 6.92 Å². The van der Waals surface area contributed by atoms with Crippen molar-refractivity contribution in [1.82, 2.24) is 10.4 Å². The number of H-pyrrole nitrogens is 1. The number of aromatic amines is 1. The summed E-state index contributed by atoms with van der Waals surface area (Å²) in [6, 6.07) is 10.6. The fourth-order valence-corrected chi connectivity index (χ4v) is 2.54. The number of hydrazone groups is 1. The monoisotopic (exact) mass is 373 g/mol. The van der Waals surface area contributed by atoms with Crippen LogP contribution in [0.5, 0.6) is 0 Å². The number of pyridine rings is 1. The molecule has 0 unspecified atom stereocenters. The van der Waals surface area contributed by atoms with Crippen molar-refractivity contribution in [2.24, 2.45) is 5.10 Å². The molecule has 0 bridgehead atoms. The Balaban J connectivity index is 1.88. The van der Waals surface area contributed by atoms with Crippen molar-refractivity contribution in [3.05, 3.63) is 81.1 Å². The molecule has 0 spiro atoms. The van der Waals surface area contributed by atoms with E-state index in [2.05, 4.69) is 15.5 Å². The van der Waals surface area contributed by atoms with Crippen molar-refractivity contribution in [3.63, 3.8) is 0 Å². The smallest absolute Gasteiger partial charge is 0.360 e. The third-order valence-corrected chi connectivity index (χ3v) is 3.92. The van der Waals surface area contributed by atoms with E-state index in [4.69, 9.17) is 0 Å². The molecular formula is C19H14F3N3O2. The number of aryl methyl sites for hydroxylation is 1. The highest BCUT2D eigenvalue weighted by Gasteiger charge is 2.33. The average molecular weight is 373 g/mol. The Morgan fingerprint density at radius 3 is 2.52 bits per heavy atom. The van der Waals surface area contributed by atoms with Crippen LogP contribution in [0.15, 0.2) is 58.6 Å². The molecule has 0 aliphatic rings. The largest absolute Gasteiger partial charge is 0.418 e. The number of amides is 1. The standard InChI is InChI=1S/C19H14F3N3O2/c1-11-5-7-12(8-6-11)9-24-25-18(27)14-10-23-16-13(17(14)26)3-2-4-15(16)19(20,21)22/h2-10H,1H3,(H,23,26)(H,25,27)/b24-9+. The van der Waals surface area contributed by atoms with Gasteiger partial charge in [-0.1, -0.05) is 35.9 Å². The summed E-state index contributed by atoms with van der Waals surface area (Å²) in [5.74, 6) is -0.820. The Kier molecular flexibility index (Phi) is 4.81. The van der Waals surface area contributed by atoms with Gasteiger partial charge in [0.05, 0.1) is 17.3 Å². The first-order valence-corrected chi connectivity index (χ1v) is 7.89. The molecule has 8 heteroatoms. The van der Waals surface area contributed by atoms with E-state index in [1.165, 1.54) is 12.3 Å². The third-order valence-electron chi connectivity index (χ3n) is 3.92. The molecule has 2 aromatic carbocycles. The highest BCUT2D eigenvalue weighted by molar-refractivity contribution is 5.98. The molecule has 0 aliphatic heterocycles. The van der Waals surface area contributed by atoms with Gasteiger partial charge < -0.3 is 4.98 Å². The SMILES string of the molecule is Cc1ccc(/C=N/NC(=O)c2c[nH]c3c(C(F)(F)F)cccc3c2=O)cc1. The molecule has 0 fully saturated rings. The zero-order valence-corrected chi connectivity index (χ0v) is 14.1. The van der Waals surface area contributed by atoms with Gasteiger partial charge in [0.25, 0.3) is 5.91 Å². The molecule has 138 valence electrons. The van der Waals surface area contributed by atoms with Crippen LogP contribution in [0.4, 0.5) is 13.2 Å². The predicted molar refractivity (Wildman–Crippen MR) is 95.8 cm³/mol.